The summed E-state index contributed by atoms with van der Waals surface area (Å²) in [5.41, 5.74) is 0. The lowest BCUT2D eigenvalue weighted by molar-refractivity contribution is 0.455. The fourth-order valence-corrected chi connectivity index (χ4v) is 0.692. The van der Waals surface area contributed by atoms with E-state index in [-0.39, 0.29) is 12.4 Å². The summed E-state index contributed by atoms with van der Waals surface area (Å²) >= 11 is 0. The van der Waals surface area contributed by atoms with Gasteiger partial charge in [-0.2, -0.15) is 9.89 Å². The van der Waals surface area contributed by atoms with Crippen LogP contribution in [0.4, 0.5) is 0 Å². The maximum atomic E-state index is 9.75. The molecule has 0 unspecified atom stereocenters. The van der Waals surface area contributed by atoms with Gasteiger partial charge in [-0.05, 0) is 0 Å². The van der Waals surface area contributed by atoms with E-state index in [0.29, 0.717) is 5.82 Å². The van der Waals surface area contributed by atoms with Gasteiger partial charge in [0.2, 0.25) is 5.88 Å². The Morgan fingerprint density at radius 1 is 1.90 bits per heavy atom. The molecule has 1 aromatic rings. The van der Waals surface area contributed by atoms with Gasteiger partial charge in [-0.25, -0.2) is 0 Å². The van der Waals surface area contributed by atoms with Crippen LogP contribution in [0.15, 0.2) is 11.4 Å². The van der Waals surface area contributed by atoms with Crippen LogP contribution in [0.2, 0.25) is 0 Å². The summed E-state index contributed by atoms with van der Waals surface area (Å²) in [4.78, 5) is 13.4. The Morgan fingerprint density at radius 2 is 2.60 bits per heavy atom. The van der Waals surface area contributed by atoms with Crippen molar-refractivity contribution in [2.24, 2.45) is 12.2 Å². The number of hydrogen-bond acceptors (Lipinski definition) is 4. The Balaban J connectivity index is 2.91. The normalized spacial score (nSPS) is 9.70. The Kier molecular flexibility index (Phi) is 1.66. The highest BCUT2D eigenvalue weighted by atomic mass is 16.3. The minimum Gasteiger partial charge on any atom is -0.492 e. The average molecular weight is 141 g/mol. The van der Waals surface area contributed by atoms with Gasteiger partial charge in [-0.3, -0.25) is 0 Å². The van der Waals surface area contributed by atoms with Crippen molar-refractivity contribution in [2.75, 3.05) is 0 Å². The van der Waals surface area contributed by atoms with Gasteiger partial charge >= 0.3 is 0 Å². The van der Waals surface area contributed by atoms with Gasteiger partial charge in [0.05, 0.1) is 6.20 Å². The van der Waals surface area contributed by atoms with Gasteiger partial charge in [0.1, 0.15) is 12.4 Å². The van der Waals surface area contributed by atoms with E-state index in [0.717, 1.165) is 0 Å². The van der Waals surface area contributed by atoms with Crippen LogP contribution in [0.5, 0.6) is 5.88 Å². The van der Waals surface area contributed by atoms with Crippen molar-refractivity contribution in [1.82, 2.24) is 9.55 Å². The predicted octanol–water partition coefficient (Wildman–Crippen LogP) is 0.392. The number of nitrogens with zero attached hydrogens (tertiary/aromatic N) is 3. The number of hydrogen-bond donors (Lipinski definition) is 1. The number of aromatic hydroxyl groups is 1. The lowest BCUT2D eigenvalue weighted by atomic mass is 10.6. The molecule has 10 heavy (non-hydrogen) atoms. The third-order valence-corrected chi connectivity index (χ3v) is 1.17. The molecule has 1 aromatic heterocycles. The van der Waals surface area contributed by atoms with E-state index in [1.54, 1.807) is 11.6 Å². The molecule has 0 bridgehead atoms. The number of nitroso groups, excluding NO2 is 1. The summed E-state index contributed by atoms with van der Waals surface area (Å²) in [7, 11) is 1.69. The molecule has 0 spiro atoms. The zero-order valence-electron chi connectivity index (χ0n) is 5.48. The zero-order chi connectivity index (χ0) is 7.56. The number of imidazole rings is 1. The molecule has 54 valence electrons. The quantitative estimate of drug-likeness (QED) is 0.606. The Hall–Kier alpha value is -1.39. The third-order valence-electron chi connectivity index (χ3n) is 1.17. The van der Waals surface area contributed by atoms with Crippen LogP contribution in [0.1, 0.15) is 5.82 Å². The minimum absolute atomic E-state index is 0.00292. The lowest BCUT2D eigenvalue weighted by Gasteiger charge is -1.90. The molecular formula is C5H7N3O2. The van der Waals surface area contributed by atoms with Gasteiger partial charge in [0.15, 0.2) is 0 Å². The molecule has 0 aliphatic heterocycles. The van der Waals surface area contributed by atoms with E-state index in [9.17, 15) is 4.91 Å². The molecule has 5 heteroatoms. The summed E-state index contributed by atoms with van der Waals surface area (Å²) in [5.74, 6) is 0.383. The number of rotatable bonds is 2. The van der Waals surface area contributed by atoms with E-state index in [2.05, 4.69) is 10.2 Å². The molecule has 0 atom stereocenters. The fraction of sp³-hybridized carbons (Fsp3) is 0.400. The maximum Gasteiger partial charge on any atom is 0.229 e. The SMILES string of the molecule is Cn1cc(O)nc1CN=O. The molecular weight excluding hydrogens is 134 g/mol. The van der Waals surface area contributed by atoms with Crippen LogP contribution in [0.3, 0.4) is 0 Å². The summed E-state index contributed by atoms with van der Waals surface area (Å²) in [6.45, 7) is -0.00292. The molecule has 0 fully saturated rings. The van der Waals surface area contributed by atoms with Crippen molar-refractivity contribution in [3.05, 3.63) is 16.9 Å². The molecule has 0 amide bonds. The van der Waals surface area contributed by atoms with Crippen molar-refractivity contribution in [1.29, 1.82) is 0 Å². The summed E-state index contributed by atoms with van der Waals surface area (Å²) in [6, 6.07) is 0. The molecule has 5 nitrogen and oxygen atoms in total. The monoisotopic (exact) mass is 141 g/mol. The predicted molar refractivity (Wildman–Crippen MR) is 34.4 cm³/mol. The second kappa shape index (κ2) is 2.47. The maximum absolute atomic E-state index is 9.75. The lowest BCUT2D eigenvalue weighted by Crippen LogP contribution is -1.93. The van der Waals surface area contributed by atoms with Gasteiger partial charge < -0.3 is 9.67 Å². The largest absolute Gasteiger partial charge is 0.492 e. The first kappa shape index (κ1) is 6.73. The second-order valence-electron chi connectivity index (χ2n) is 1.91. The zero-order valence-corrected chi connectivity index (χ0v) is 5.48. The highest BCUT2D eigenvalue weighted by Crippen LogP contribution is 2.07. The van der Waals surface area contributed by atoms with Crippen molar-refractivity contribution in [3.63, 3.8) is 0 Å². The number of aromatic nitrogens is 2. The molecule has 0 aromatic carbocycles. The van der Waals surface area contributed by atoms with Crippen molar-refractivity contribution in [2.45, 2.75) is 6.54 Å². The van der Waals surface area contributed by atoms with Gasteiger partial charge in [0.25, 0.3) is 0 Å². The molecule has 0 radical (unpaired) electrons. The second-order valence-corrected chi connectivity index (χ2v) is 1.91. The highest BCUT2D eigenvalue weighted by molar-refractivity contribution is 5.07. The Labute approximate surface area is 57.3 Å². The highest BCUT2D eigenvalue weighted by Gasteiger charge is 2.01. The van der Waals surface area contributed by atoms with Crippen molar-refractivity contribution in [3.8, 4) is 5.88 Å². The minimum atomic E-state index is -0.0823. The molecule has 1 N–H and O–H groups in total. The van der Waals surface area contributed by atoms with Crippen LogP contribution in [-0.4, -0.2) is 14.7 Å². The standard InChI is InChI=1S/C5H7N3O2/c1-8-3-5(9)7-4(8)2-6-10/h3,9H,2H2,1H3. The first-order chi connectivity index (χ1) is 4.74. The molecule has 0 saturated heterocycles. The van der Waals surface area contributed by atoms with Gasteiger partial charge in [-0.15, -0.1) is 0 Å². The molecule has 0 aliphatic carbocycles. The summed E-state index contributed by atoms with van der Waals surface area (Å²) < 4.78 is 1.55. The van der Waals surface area contributed by atoms with Crippen molar-refractivity contribution >= 4 is 0 Å². The average Bonchev–Trinajstić information content (AvgIpc) is 2.13. The number of aryl methyl sites for hydroxylation is 1. The molecule has 0 saturated carbocycles. The van der Waals surface area contributed by atoms with Gasteiger partial charge in [-0.1, -0.05) is 5.18 Å². The van der Waals surface area contributed by atoms with Crippen molar-refractivity contribution < 1.29 is 5.11 Å². The topological polar surface area (TPSA) is 67.5 Å². The van der Waals surface area contributed by atoms with Crippen LogP contribution >= 0.6 is 0 Å². The van der Waals surface area contributed by atoms with Crippen LogP contribution in [0.25, 0.3) is 0 Å². The van der Waals surface area contributed by atoms with Crippen LogP contribution < -0.4 is 0 Å². The summed E-state index contributed by atoms with van der Waals surface area (Å²) in [5, 5.41) is 11.4. The smallest absolute Gasteiger partial charge is 0.229 e. The van der Waals surface area contributed by atoms with Gasteiger partial charge in [0, 0.05) is 7.05 Å². The van der Waals surface area contributed by atoms with E-state index in [1.807, 2.05) is 0 Å². The first-order valence-electron chi connectivity index (χ1n) is 2.74. The van der Waals surface area contributed by atoms with E-state index < -0.39 is 0 Å². The van der Waals surface area contributed by atoms with E-state index in [1.165, 1.54) is 6.20 Å². The molecule has 1 rings (SSSR count). The van der Waals surface area contributed by atoms with E-state index in [4.69, 9.17) is 5.11 Å². The van der Waals surface area contributed by atoms with E-state index >= 15 is 0 Å². The van der Waals surface area contributed by atoms with Crippen LogP contribution in [-0.2, 0) is 13.6 Å². The Bertz CT molecular complexity index is 243. The van der Waals surface area contributed by atoms with Crippen LogP contribution in [0, 0.1) is 4.91 Å². The molecule has 0 aliphatic rings. The third kappa shape index (κ3) is 1.12. The Morgan fingerprint density at radius 3 is 3.00 bits per heavy atom. The molecule has 1 heterocycles. The first-order valence-corrected chi connectivity index (χ1v) is 2.74. The summed E-state index contributed by atoms with van der Waals surface area (Å²) in [6.07, 6.45) is 1.42. The fourth-order valence-electron chi connectivity index (χ4n) is 0.692.